The number of nitrogens with zero attached hydrogens (tertiary/aromatic N) is 1. The Morgan fingerprint density at radius 3 is 1.84 bits per heavy atom. The smallest absolute Gasteiger partial charge is 0.137 e. The molecule has 0 bridgehead atoms. The lowest BCUT2D eigenvalue weighted by Crippen LogP contribution is -2.10. The highest BCUT2D eigenvalue weighted by Crippen LogP contribution is 2.44. The second-order valence-electron chi connectivity index (χ2n) is 11.4. The molecule has 0 fully saturated rings. The van der Waals surface area contributed by atoms with E-state index in [0.29, 0.717) is 0 Å². The summed E-state index contributed by atoms with van der Waals surface area (Å²) in [5, 5.41) is 9.58. The van der Waals surface area contributed by atoms with Gasteiger partial charge in [-0.3, -0.25) is 0 Å². The van der Waals surface area contributed by atoms with Crippen LogP contribution in [0.3, 0.4) is 0 Å². The number of fused-ring (bicyclic) bond motifs is 6. The molecule has 9 aromatic rings. The Bertz CT molecular complexity index is 2520. The zero-order chi connectivity index (χ0) is 29.0. The minimum absolute atomic E-state index is 0.882. The molecule has 8 aromatic carbocycles. The number of furan rings is 1. The summed E-state index contributed by atoms with van der Waals surface area (Å²) in [7, 11) is 0. The van der Waals surface area contributed by atoms with Gasteiger partial charge in [0.2, 0.25) is 0 Å². The second-order valence-corrected chi connectivity index (χ2v) is 11.4. The van der Waals surface area contributed by atoms with Crippen LogP contribution in [0.25, 0.3) is 65.4 Å². The SMILES string of the molecule is c1ccc2cc(-c3cccc4ccc(N(c5ccc6ccccc6c5)c5cccc6oc7ccccc7c56)cc34)ccc2c1. The number of para-hydroxylation sites is 1. The lowest BCUT2D eigenvalue weighted by Gasteiger charge is -2.27. The Morgan fingerprint density at radius 2 is 1.00 bits per heavy atom. The van der Waals surface area contributed by atoms with E-state index in [1.807, 2.05) is 12.1 Å². The Morgan fingerprint density at radius 1 is 0.386 bits per heavy atom. The van der Waals surface area contributed by atoms with E-state index in [1.165, 1.54) is 43.4 Å². The van der Waals surface area contributed by atoms with Crippen LogP contribution in [0.1, 0.15) is 0 Å². The first-order chi connectivity index (χ1) is 21.8. The monoisotopic (exact) mass is 561 g/mol. The standard InChI is InChI=1S/C42H27NO/c1-3-11-31-25-33(20-19-28(31)9-1)36-15-7-13-30-22-24-35(27-38(30)36)43(34-23-21-29-10-2-4-12-32(29)26-34)39-16-8-18-41-42(39)37-14-5-6-17-40(37)44-41/h1-27H. The van der Waals surface area contributed by atoms with Crippen LogP contribution in [-0.2, 0) is 0 Å². The fraction of sp³-hybridized carbons (Fsp3) is 0. The van der Waals surface area contributed by atoms with Gasteiger partial charge in [-0.15, -0.1) is 0 Å². The summed E-state index contributed by atoms with van der Waals surface area (Å²) in [5.41, 5.74) is 7.50. The van der Waals surface area contributed by atoms with E-state index in [0.717, 1.165) is 39.0 Å². The van der Waals surface area contributed by atoms with Crippen molar-refractivity contribution in [1.29, 1.82) is 0 Å². The largest absolute Gasteiger partial charge is 0.456 e. The molecule has 44 heavy (non-hydrogen) atoms. The van der Waals surface area contributed by atoms with Gasteiger partial charge in [0.25, 0.3) is 0 Å². The molecule has 2 heteroatoms. The molecule has 1 heterocycles. The molecule has 0 N–H and O–H groups in total. The van der Waals surface area contributed by atoms with Crippen molar-refractivity contribution < 1.29 is 4.42 Å². The molecule has 0 saturated heterocycles. The van der Waals surface area contributed by atoms with Crippen molar-refractivity contribution >= 4 is 71.3 Å². The first kappa shape index (κ1) is 24.7. The van der Waals surface area contributed by atoms with E-state index in [4.69, 9.17) is 4.42 Å². The third-order valence-electron chi connectivity index (χ3n) is 8.80. The van der Waals surface area contributed by atoms with Gasteiger partial charge < -0.3 is 9.32 Å². The highest BCUT2D eigenvalue weighted by atomic mass is 16.3. The van der Waals surface area contributed by atoms with Crippen LogP contribution in [0.2, 0.25) is 0 Å². The van der Waals surface area contributed by atoms with E-state index in [2.05, 4.69) is 157 Å². The van der Waals surface area contributed by atoms with Gasteiger partial charge in [0.05, 0.1) is 11.1 Å². The molecule has 206 valence electrons. The summed E-state index contributed by atoms with van der Waals surface area (Å²) in [5.74, 6) is 0. The van der Waals surface area contributed by atoms with E-state index in [9.17, 15) is 0 Å². The van der Waals surface area contributed by atoms with E-state index >= 15 is 0 Å². The molecule has 2 nitrogen and oxygen atoms in total. The average molecular weight is 562 g/mol. The van der Waals surface area contributed by atoms with Crippen molar-refractivity contribution in [2.75, 3.05) is 4.90 Å². The molecule has 0 atom stereocenters. The molecule has 0 saturated carbocycles. The van der Waals surface area contributed by atoms with Crippen LogP contribution >= 0.6 is 0 Å². The molecule has 0 aliphatic rings. The fourth-order valence-electron chi connectivity index (χ4n) is 6.69. The molecule has 0 spiro atoms. The van der Waals surface area contributed by atoms with Gasteiger partial charge >= 0.3 is 0 Å². The number of benzene rings is 8. The van der Waals surface area contributed by atoms with Crippen molar-refractivity contribution in [2.45, 2.75) is 0 Å². The Balaban J connectivity index is 1.31. The Hall–Kier alpha value is -5.86. The lowest BCUT2D eigenvalue weighted by molar-refractivity contribution is 0.669. The average Bonchev–Trinajstić information content (AvgIpc) is 3.47. The van der Waals surface area contributed by atoms with E-state index in [-0.39, 0.29) is 0 Å². The molecule has 0 radical (unpaired) electrons. The summed E-state index contributed by atoms with van der Waals surface area (Å²) in [6.07, 6.45) is 0. The second kappa shape index (κ2) is 9.86. The Kier molecular flexibility index (Phi) is 5.54. The molecule has 1 aromatic heterocycles. The zero-order valence-corrected chi connectivity index (χ0v) is 23.9. The maximum Gasteiger partial charge on any atom is 0.137 e. The topological polar surface area (TPSA) is 16.4 Å². The van der Waals surface area contributed by atoms with Gasteiger partial charge in [-0.2, -0.15) is 0 Å². The molecule has 0 unspecified atom stereocenters. The zero-order valence-electron chi connectivity index (χ0n) is 23.9. The lowest BCUT2D eigenvalue weighted by atomic mass is 9.95. The highest BCUT2D eigenvalue weighted by molar-refractivity contribution is 6.14. The summed E-state index contributed by atoms with van der Waals surface area (Å²) >= 11 is 0. The first-order valence-electron chi connectivity index (χ1n) is 15.0. The van der Waals surface area contributed by atoms with Crippen LogP contribution in [-0.4, -0.2) is 0 Å². The number of rotatable bonds is 4. The van der Waals surface area contributed by atoms with Crippen molar-refractivity contribution in [3.05, 3.63) is 164 Å². The van der Waals surface area contributed by atoms with Crippen LogP contribution in [0.15, 0.2) is 168 Å². The van der Waals surface area contributed by atoms with Crippen molar-refractivity contribution in [3.8, 4) is 11.1 Å². The third-order valence-corrected chi connectivity index (χ3v) is 8.80. The fourth-order valence-corrected chi connectivity index (χ4v) is 6.69. The molecule has 9 rings (SSSR count). The summed E-state index contributed by atoms with van der Waals surface area (Å²) < 4.78 is 6.34. The van der Waals surface area contributed by atoms with Gasteiger partial charge in [0.15, 0.2) is 0 Å². The van der Waals surface area contributed by atoms with Gasteiger partial charge in [-0.1, -0.05) is 115 Å². The van der Waals surface area contributed by atoms with E-state index in [1.54, 1.807) is 0 Å². The molecular weight excluding hydrogens is 534 g/mol. The van der Waals surface area contributed by atoms with Gasteiger partial charge in [-0.05, 0) is 92.0 Å². The van der Waals surface area contributed by atoms with Crippen molar-refractivity contribution in [2.24, 2.45) is 0 Å². The number of hydrogen-bond acceptors (Lipinski definition) is 2. The summed E-state index contributed by atoms with van der Waals surface area (Å²) in [6, 6.07) is 58.7. The first-order valence-corrected chi connectivity index (χ1v) is 15.0. The van der Waals surface area contributed by atoms with Gasteiger partial charge in [0.1, 0.15) is 11.2 Å². The summed E-state index contributed by atoms with van der Waals surface area (Å²) in [6.45, 7) is 0. The van der Waals surface area contributed by atoms with E-state index < -0.39 is 0 Å². The van der Waals surface area contributed by atoms with Crippen LogP contribution < -0.4 is 4.90 Å². The maximum absolute atomic E-state index is 6.34. The normalized spacial score (nSPS) is 11.6. The predicted octanol–water partition coefficient (Wildman–Crippen LogP) is 12.2. The quantitative estimate of drug-likeness (QED) is 0.212. The highest BCUT2D eigenvalue weighted by Gasteiger charge is 2.20. The van der Waals surface area contributed by atoms with Gasteiger partial charge in [0, 0.05) is 16.8 Å². The van der Waals surface area contributed by atoms with Crippen molar-refractivity contribution in [3.63, 3.8) is 0 Å². The van der Waals surface area contributed by atoms with Crippen LogP contribution in [0, 0.1) is 0 Å². The van der Waals surface area contributed by atoms with Crippen molar-refractivity contribution in [1.82, 2.24) is 0 Å². The molecule has 0 amide bonds. The molecule has 0 aliphatic heterocycles. The predicted molar refractivity (Wildman–Crippen MR) is 186 cm³/mol. The number of anilines is 3. The number of hydrogen-bond donors (Lipinski definition) is 0. The third kappa shape index (κ3) is 3.96. The minimum Gasteiger partial charge on any atom is -0.456 e. The minimum atomic E-state index is 0.882. The van der Waals surface area contributed by atoms with Crippen LogP contribution in [0.4, 0.5) is 17.1 Å². The summed E-state index contributed by atoms with van der Waals surface area (Å²) in [4.78, 5) is 2.38. The van der Waals surface area contributed by atoms with Crippen LogP contribution in [0.5, 0.6) is 0 Å². The Labute approximate surface area is 255 Å². The molecular formula is C42H27NO. The van der Waals surface area contributed by atoms with Gasteiger partial charge in [-0.25, -0.2) is 0 Å². The molecule has 0 aliphatic carbocycles. The maximum atomic E-state index is 6.34.